The van der Waals surface area contributed by atoms with Crippen molar-refractivity contribution in [3.8, 4) is 0 Å². The van der Waals surface area contributed by atoms with E-state index in [0.29, 0.717) is 0 Å². The third-order valence-electron chi connectivity index (χ3n) is 3.65. The van der Waals surface area contributed by atoms with E-state index in [-0.39, 0.29) is 24.5 Å². The first-order chi connectivity index (χ1) is 11.1. The molecule has 5 heteroatoms. The molecule has 1 heterocycles. The molecule has 1 amide bonds. The van der Waals surface area contributed by atoms with Crippen LogP contribution in [-0.4, -0.2) is 12.4 Å². The van der Waals surface area contributed by atoms with E-state index in [4.69, 9.17) is 4.74 Å². The number of hydrogen-bond acceptors (Lipinski definition) is 4. The lowest BCUT2D eigenvalue weighted by molar-refractivity contribution is -0.113. The van der Waals surface area contributed by atoms with Gasteiger partial charge in [0.05, 0.1) is 6.04 Å². The van der Waals surface area contributed by atoms with Gasteiger partial charge in [-0.15, -0.1) is 11.3 Å². The van der Waals surface area contributed by atoms with Crippen molar-refractivity contribution in [3.05, 3.63) is 58.3 Å². The van der Waals surface area contributed by atoms with E-state index >= 15 is 0 Å². The van der Waals surface area contributed by atoms with Crippen molar-refractivity contribution in [1.82, 2.24) is 5.32 Å². The van der Waals surface area contributed by atoms with Crippen LogP contribution in [0.2, 0.25) is 0 Å². The van der Waals surface area contributed by atoms with Gasteiger partial charge in [-0.25, -0.2) is 4.79 Å². The van der Waals surface area contributed by atoms with Crippen molar-refractivity contribution >= 4 is 23.7 Å². The summed E-state index contributed by atoms with van der Waals surface area (Å²) in [4.78, 5) is 24.5. The lowest BCUT2D eigenvalue weighted by Crippen LogP contribution is -2.36. The van der Waals surface area contributed by atoms with Gasteiger partial charge in [-0.1, -0.05) is 50.2 Å². The number of hydrogen-bond donors (Lipinski definition) is 1. The molecule has 0 saturated carbocycles. The lowest BCUT2D eigenvalue weighted by Gasteiger charge is -2.25. The molecule has 2 rings (SSSR count). The van der Waals surface area contributed by atoms with Crippen LogP contribution in [0.4, 0.5) is 4.79 Å². The number of carbonyl (C=O) groups is 2. The van der Waals surface area contributed by atoms with Gasteiger partial charge in [-0.05, 0) is 22.9 Å². The average molecular weight is 331 g/mol. The van der Waals surface area contributed by atoms with Crippen molar-refractivity contribution in [2.75, 3.05) is 0 Å². The van der Waals surface area contributed by atoms with Crippen LogP contribution in [0, 0.1) is 11.8 Å². The van der Waals surface area contributed by atoms with E-state index < -0.39 is 6.09 Å². The summed E-state index contributed by atoms with van der Waals surface area (Å²) in [5.41, 5.74) is 0.922. The third-order valence-corrected chi connectivity index (χ3v) is 4.60. The Bertz CT molecular complexity index is 610. The number of aldehydes is 1. The van der Waals surface area contributed by atoms with Gasteiger partial charge in [0.1, 0.15) is 12.9 Å². The first kappa shape index (κ1) is 17.2. The molecule has 1 N–H and O–H groups in total. The predicted molar refractivity (Wildman–Crippen MR) is 91.2 cm³/mol. The van der Waals surface area contributed by atoms with Crippen LogP contribution in [0.15, 0.2) is 47.8 Å². The minimum atomic E-state index is -0.514. The fourth-order valence-corrected chi connectivity index (χ4v) is 3.17. The molecule has 0 saturated heterocycles. The molecule has 0 aliphatic carbocycles. The molecule has 0 spiro atoms. The van der Waals surface area contributed by atoms with E-state index in [9.17, 15) is 9.59 Å². The smallest absolute Gasteiger partial charge is 0.408 e. The number of rotatable bonds is 7. The zero-order valence-electron chi connectivity index (χ0n) is 13.3. The van der Waals surface area contributed by atoms with Gasteiger partial charge in [-0.2, -0.15) is 0 Å². The number of ether oxygens (including phenoxy) is 1. The monoisotopic (exact) mass is 331 g/mol. The summed E-state index contributed by atoms with van der Waals surface area (Å²) < 4.78 is 5.27. The molecule has 2 atom stereocenters. The summed E-state index contributed by atoms with van der Waals surface area (Å²) in [7, 11) is 0. The Morgan fingerprint density at radius 2 is 1.96 bits per heavy atom. The van der Waals surface area contributed by atoms with Crippen molar-refractivity contribution < 1.29 is 14.3 Å². The highest BCUT2D eigenvalue weighted by Gasteiger charge is 2.28. The average Bonchev–Trinajstić information content (AvgIpc) is 3.07. The molecule has 0 aliphatic heterocycles. The molecule has 0 fully saturated rings. The van der Waals surface area contributed by atoms with Crippen LogP contribution in [-0.2, 0) is 16.1 Å². The predicted octanol–water partition coefficient (Wildman–Crippen LogP) is 4.19. The molecule has 1 aromatic carbocycles. The minimum Gasteiger partial charge on any atom is -0.445 e. The molecule has 122 valence electrons. The number of thiophene rings is 1. The lowest BCUT2D eigenvalue weighted by atomic mass is 9.89. The molecule has 0 unspecified atom stereocenters. The summed E-state index contributed by atoms with van der Waals surface area (Å²) in [6, 6.07) is 13.0. The van der Waals surface area contributed by atoms with E-state index in [1.54, 1.807) is 0 Å². The van der Waals surface area contributed by atoms with Crippen molar-refractivity contribution in [2.24, 2.45) is 11.8 Å². The summed E-state index contributed by atoms with van der Waals surface area (Å²) >= 11 is 1.52. The summed E-state index contributed by atoms with van der Waals surface area (Å²) in [6.07, 6.45) is 0.395. The maximum absolute atomic E-state index is 12.1. The van der Waals surface area contributed by atoms with Gasteiger partial charge in [0.15, 0.2) is 0 Å². The minimum absolute atomic E-state index is 0.119. The second-order valence-electron chi connectivity index (χ2n) is 5.66. The number of amides is 1. The molecule has 0 bridgehead atoms. The maximum atomic E-state index is 12.1. The fourth-order valence-electron chi connectivity index (χ4n) is 2.34. The SMILES string of the molecule is CC(C)[C@@H](C=O)[C@H](NC(=O)OCc1ccccc1)c1cccs1. The van der Waals surface area contributed by atoms with E-state index in [1.165, 1.54) is 11.3 Å². The van der Waals surface area contributed by atoms with Crippen molar-refractivity contribution in [3.63, 3.8) is 0 Å². The molecular formula is C18H21NO3S. The van der Waals surface area contributed by atoms with Crippen LogP contribution in [0.3, 0.4) is 0 Å². The first-order valence-corrected chi connectivity index (χ1v) is 8.45. The zero-order valence-corrected chi connectivity index (χ0v) is 14.1. The first-order valence-electron chi connectivity index (χ1n) is 7.57. The molecule has 23 heavy (non-hydrogen) atoms. The summed E-state index contributed by atoms with van der Waals surface area (Å²) in [6.45, 7) is 4.14. The molecular weight excluding hydrogens is 310 g/mol. The molecule has 4 nitrogen and oxygen atoms in total. The molecule has 1 aromatic heterocycles. The Morgan fingerprint density at radius 3 is 2.52 bits per heavy atom. The fraction of sp³-hybridized carbons (Fsp3) is 0.333. The third kappa shape index (κ3) is 4.93. The zero-order chi connectivity index (χ0) is 16.7. The second-order valence-corrected chi connectivity index (χ2v) is 6.64. The van der Waals surface area contributed by atoms with Crippen LogP contribution in [0.5, 0.6) is 0 Å². The Balaban J connectivity index is 2.02. The molecule has 2 aromatic rings. The standard InChI is InChI=1S/C18H21NO3S/c1-13(2)15(11-20)17(16-9-6-10-23-16)19-18(21)22-12-14-7-4-3-5-8-14/h3-11,13,15,17H,12H2,1-2H3,(H,19,21)/t15-,17+/m1/s1. The van der Waals surface area contributed by atoms with Gasteiger partial charge >= 0.3 is 6.09 Å². The quantitative estimate of drug-likeness (QED) is 0.774. The highest BCUT2D eigenvalue weighted by atomic mass is 32.1. The Labute approximate surface area is 140 Å². The van der Waals surface area contributed by atoms with E-state index in [0.717, 1.165) is 16.7 Å². The van der Waals surface area contributed by atoms with Gasteiger partial charge < -0.3 is 14.8 Å². The van der Waals surface area contributed by atoms with Crippen molar-refractivity contribution in [1.29, 1.82) is 0 Å². The number of nitrogens with one attached hydrogen (secondary N) is 1. The summed E-state index contributed by atoms with van der Waals surface area (Å²) in [5.74, 6) is -0.174. The van der Waals surface area contributed by atoms with Gasteiger partial charge in [0.25, 0.3) is 0 Å². The highest BCUT2D eigenvalue weighted by Crippen LogP contribution is 2.29. The van der Waals surface area contributed by atoms with Crippen LogP contribution in [0.25, 0.3) is 0 Å². The second kappa shape index (κ2) is 8.48. The molecule has 0 aliphatic rings. The largest absolute Gasteiger partial charge is 0.445 e. The van der Waals surface area contributed by atoms with Crippen LogP contribution >= 0.6 is 11.3 Å². The maximum Gasteiger partial charge on any atom is 0.408 e. The summed E-state index contributed by atoms with van der Waals surface area (Å²) in [5, 5.41) is 4.77. The van der Waals surface area contributed by atoms with Crippen molar-refractivity contribution in [2.45, 2.75) is 26.5 Å². The Kier molecular flexibility index (Phi) is 6.35. The van der Waals surface area contributed by atoms with Crippen LogP contribution < -0.4 is 5.32 Å². The van der Waals surface area contributed by atoms with Crippen LogP contribution in [0.1, 0.15) is 30.3 Å². The topological polar surface area (TPSA) is 55.4 Å². The van der Waals surface area contributed by atoms with Gasteiger partial charge in [0.2, 0.25) is 0 Å². The highest BCUT2D eigenvalue weighted by molar-refractivity contribution is 7.10. The number of alkyl carbamates (subject to hydrolysis) is 1. The normalized spacial score (nSPS) is 13.3. The number of carbonyl (C=O) groups excluding carboxylic acids is 2. The Hall–Kier alpha value is -2.14. The Morgan fingerprint density at radius 1 is 1.22 bits per heavy atom. The van der Waals surface area contributed by atoms with E-state index in [2.05, 4.69) is 5.32 Å². The van der Waals surface area contributed by atoms with Gasteiger partial charge in [-0.3, -0.25) is 0 Å². The number of benzene rings is 1. The van der Waals surface area contributed by atoms with E-state index in [1.807, 2.05) is 61.7 Å². The van der Waals surface area contributed by atoms with Gasteiger partial charge in [0, 0.05) is 10.8 Å². The molecule has 0 radical (unpaired) electrons.